The van der Waals surface area contributed by atoms with E-state index in [1.807, 2.05) is 13.0 Å². The van der Waals surface area contributed by atoms with E-state index in [2.05, 4.69) is 33.8 Å². The lowest BCUT2D eigenvalue weighted by Crippen LogP contribution is -2.53. The molecule has 4 heteroatoms. The van der Waals surface area contributed by atoms with E-state index in [1.54, 1.807) is 6.08 Å². The Morgan fingerprint density at radius 1 is 1.06 bits per heavy atom. The number of hydrogen-bond donors (Lipinski definition) is 0. The summed E-state index contributed by atoms with van der Waals surface area (Å²) in [6, 6.07) is 0. The van der Waals surface area contributed by atoms with Crippen molar-refractivity contribution in [1.29, 1.82) is 0 Å². The molecule has 2 aliphatic heterocycles. The first-order valence-corrected chi connectivity index (χ1v) is 12.9. The Labute approximate surface area is 192 Å². The van der Waals surface area contributed by atoms with E-state index in [0.29, 0.717) is 29.6 Å². The topological polar surface area (TPSA) is 52.6 Å². The molecule has 0 aromatic carbocycles. The fraction of sp³-hybridized carbons (Fsp3) is 0.786. The number of ketones is 1. The summed E-state index contributed by atoms with van der Waals surface area (Å²) in [7, 11) is 0. The van der Waals surface area contributed by atoms with Gasteiger partial charge in [-0.05, 0) is 79.3 Å². The van der Waals surface area contributed by atoms with Crippen LogP contribution >= 0.6 is 0 Å². The highest BCUT2D eigenvalue weighted by molar-refractivity contribution is 6.01. The molecule has 5 fully saturated rings. The van der Waals surface area contributed by atoms with Gasteiger partial charge in [-0.3, -0.25) is 9.59 Å². The second kappa shape index (κ2) is 6.58. The smallest absolute Gasteiger partial charge is 0.311 e. The highest BCUT2D eigenvalue weighted by Gasteiger charge is 2.70. The molecule has 0 amide bonds. The Morgan fingerprint density at radius 2 is 1.84 bits per heavy atom. The quantitative estimate of drug-likeness (QED) is 0.471. The van der Waals surface area contributed by atoms with Gasteiger partial charge in [-0.1, -0.05) is 46.3 Å². The Balaban J connectivity index is 1.30. The van der Waals surface area contributed by atoms with Crippen LogP contribution in [0.4, 0.5) is 0 Å². The van der Waals surface area contributed by atoms with Gasteiger partial charge in [0.25, 0.3) is 0 Å². The van der Waals surface area contributed by atoms with Crippen LogP contribution in [0.1, 0.15) is 73.1 Å². The van der Waals surface area contributed by atoms with E-state index >= 15 is 0 Å². The zero-order valence-corrected chi connectivity index (χ0v) is 20.2. The van der Waals surface area contributed by atoms with Gasteiger partial charge in [0.2, 0.25) is 5.79 Å². The zero-order valence-electron chi connectivity index (χ0n) is 20.2. The van der Waals surface area contributed by atoms with Crippen molar-refractivity contribution >= 4 is 11.8 Å². The minimum Gasteiger partial charge on any atom is -0.433 e. The number of carbonyl (C=O) groups excluding carboxylic acids is 2. The molecule has 0 aromatic heterocycles. The fourth-order valence-corrected chi connectivity index (χ4v) is 9.39. The SMILES string of the molecule is C[C@H]1C[C@]2(OC(=O)[C@@H]1C)O[C@H]1C[C@H]3[C@@H]4CCC5=CC(=O)C=C[C@]5(C)[C@H]4CC[C@]3(C)[C@H]1[C@@H]2C. The van der Waals surface area contributed by atoms with Crippen LogP contribution < -0.4 is 0 Å². The van der Waals surface area contributed by atoms with Gasteiger partial charge in [0, 0.05) is 17.8 Å². The Kier molecular flexibility index (Phi) is 4.35. The summed E-state index contributed by atoms with van der Waals surface area (Å²) in [6.07, 6.45) is 12.7. The van der Waals surface area contributed by atoms with Crippen LogP contribution in [-0.2, 0) is 19.1 Å². The molecule has 4 aliphatic carbocycles. The van der Waals surface area contributed by atoms with Gasteiger partial charge in [0.15, 0.2) is 5.78 Å². The van der Waals surface area contributed by atoms with Gasteiger partial charge in [-0.25, -0.2) is 0 Å². The molecule has 0 radical (unpaired) electrons. The maximum atomic E-state index is 12.6. The van der Waals surface area contributed by atoms with Crippen molar-refractivity contribution in [3.8, 4) is 0 Å². The number of allylic oxidation sites excluding steroid dienone is 4. The lowest BCUT2D eigenvalue weighted by Gasteiger charge is -2.57. The molecule has 0 aromatic rings. The summed E-state index contributed by atoms with van der Waals surface area (Å²) in [5.74, 6) is 2.23. The Morgan fingerprint density at radius 3 is 2.59 bits per heavy atom. The zero-order chi connectivity index (χ0) is 22.6. The largest absolute Gasteiger partial charge is 0.433 e. The van der Waals surface area contributed by atoms with Crippen LogP contribution in [0.3, 0.4) is 0 Å². The third-order valence-corrected chi connectivity index (χ3v) is 11.3. The maximum absolute atomic E-state index is 12.6. The van der Waals surface area contributed by atoms with Gasteiger partial charge in [-0.2, -0.15) is 0 Å². The highest BCUT2D eigenvalue weighted by atomic mass is 16.7. The molecule has 0 bridgehead atoms. The molecule has 0 N–H and O–H groups in total. The van der Waals surface area contributed by atoms with E-state index < -0.39 is 5.79 Å². The molecule has 174 valence electrons. The molecular formula is C28H38O4. The van der Waals surface area contributed by atoms with Gasteiger partial charge in [0.05, 0.1) is 12.0 Å². The number of hydrogen-bond acceptors (Lipinski definition) is 4. The number of rotatable bonds is 0. The van der Waals surface area contributed by atoms with Gasteiger partial charge in [-0.15, -0.1) is 0 Å². The van der Waals surface area contributed by atoms with E-state index in [-0.39, 0.29) is 40.5 Å². The van der Waals surface area contributed by atoms with E-state index in [9.17, 15) is 9.59 Å². The van der Waals surface area contributed by atoms with Gasteiger partial charge < -0.3 is 9.47 Å². The molecule has 32 heavy (non-hydrogen) atoms. The summed E-state index contributed by atoms with van der Waals surface area (Å²) in [5, 5.41) is 0. The van der Waals surface area contributed by atoms with Crippen molar-refractivity contribution in [2.24, 2.45) is 52.3 Å². The average molecular weight is 439 g/mol. The van der Waals surface area contributed by atoms with Crippen molar-refractivity contribution in [3.63, 3.8) is 0 Å². The lowest BCUT2D eigenvalue weighted by molar-refractivity contribution is -0.265. The monoisotopic (exact) mass is 438 g/mol. The highest BCUT2D eigenvalue weighted by Crippen LogP contribution is 2.70. The molecule has 6 aliphatic rings. The minimum atomic E-state index is -0.718. The summed E-state index contributed by atoms with van der Waals surface area (Å²) in [6.45, 7) is 11.3. The third kappa shape index (κ3) is 2.54. The van der Waals surface area contributed by atoms with Crippen molar-refractivity contribution in [2.75, 3.05) is 0 Å². The Bertz CT molecular complexity index is 934. The maximum Gasteiger partial charge on any atom is 0.311 e. The summed E-state index contributed by atoms with van der Waals surface area (Å²) < 4.78 is 12.9. The lowest BCUT2D eigenvalue weighted by atomic mass is 9.47. The molecular weight excluding hydrogens is 400 g/mol. The Hall–Kier alpha value is -1.42. The standard InChI is InChI=1S/C28H38O4/c1-15-14-28(32-25(30)16(15)2)17(3)24-23(31-28)13-22-20-7-6-18-12-19(29)8-10-26(18,4)21(20)9-11-27(22,24)5/h8,10,12,15-17,20-24H,6-7,9,11,13-14H2,1-5H3/t15-,16+,17-,20+,21-,22-,23-,24-,26-,27-,28+/m0/s1. The average Bonchev–Trinajstić information content (AvgIpc) is 3.17. The second-order valence-corrected chi connectivity index (χ2v) is 12.6. The second-order valence-electron chi connectivity index (χ2n) is 12.6. The molecule has 11 atom stereocenters. The van der Waals surface area contributed by atoms with E-state index in [1.165, 1.54) is 24.8 Å². The van der Waals surface area contributed by atoms with Crippen LogP contribution in [0.25, 0.3) is 0 Å². The first kappa shape index (κ1) is 21.1. The van der Waals surface area contributed by atoms with Crippen LogP contribution in [0.2, 0.25) is 0 Å². The molecule has 0 unspecified atom stereocenters. The molecule has 6 rings (SSSR count). The molecule has 1 spiro atoms. The first-order valence-electron chi connectivity index (χ1n) is 12.9. The number of fused-ring (bicyclic) bond motifs is 7. The van der Waals surface area contributed by atoms with Gasteiger partial charge in [0.1, 0.15) is 0 Å². The van der Waals surface area contributed by atoms with Crippen molar-refractivity contribution in [3.05, 3.63) is 23.8 Å². The molecule has 4 nitrogen and oxygen atoms in total. The van der Waals surface area contributed by atoms with Crippen molar-refractivity contribution in [2.45, 2.75) is 85.0 Å². The first-order chi connectivity index (χ1) is 15.1. The summed E-state index contributed by atoms with van der Waals surface area (Å²) in [5.41, 5.74) is 1.63. The van der Waals surface area contributed by atoms with Gasteiger partial charge >= 0.3 is 5.97 Å². The molecule has 2 heterocycles. The normalized spacial score (nSPS) is 56.2. The third-order valence-electron chi connectivity index (χ3n) is 11.3. The van der Waals surface area contributed by atoms with E-state index in [0.717, 1.165) is 19.3 Å². The van der Waals surface area contributed by atoms with Crippen molar-refractivity contribution in [1.82, 2.24) is 0 Å². The summed E-state index contributed by atoms with van der Waals surface area (Å²) in [4.78, 5) is 24.7. The molecule has 3 saturated carbocycles. The van der Waals surface area contributed by atoms with Crippen LogP contribution in [0.5, 0.6) is 0 Å². The number of carbonyl (C=O) groups is 2. The number of ether oxygens (including phenoxy) is 2. The van der Waals surface area contributed by atoms with Crippen LogP contribution in [0.15, 0.2) is 23.8 Å². The van der Waals surface area contributed by atoms with Crippen LogP contribution in [0, 0.1) is 52.3 Å². The predicted molar refractivity (Wildman–Crippen MR) is 121 cm³/mol. The number of esters is 1. The molecule has 2 saturated heterocycles. The van der Waals surface area contributed by atoms with Crippen molar-refractivity contribution < 1.29 is 19.1 Å². The summed E-state index contributed by atoms with van der Waals surface area (Å²) >= 11 is 0. The van der Waals surface area contributed by atoms with Crippen LogP contribution in [-0.4, -0.2) is 23.6 Å². The predicted octanol–water partition coefficient (Wildman–Crippen LogP) is 5.47. The van der Waals surface area contributed by atoms with E-state index in [4.69, 9.17) is 9.47 Å². The fourth-order valence-electron chi connectivity index (χ4n) is 9.39. The minimum absolute atomic E-state index is 0.0357.